The molecular weight excluding hydrogens is 951 g/mol. The molecule has 4 fully saturated rings. The Kier molecular flexibility index (Phi) is 12.6. The number of phenols is 2. The number of aromatic hydroxyl groups is 2. The molecule has 400 valence electrons. The molecule has 1 unspecified atom stereocenters. The van der Waals surface area contributed by atoms with Gasteiger partial charge in [-0.25, -0.2) is 4.79 Å². The predicted octanol–water partition coefficient (Wildman–Crippen LogP) is 6.60. The van der Waals surface area contributed by atoms with Crippen molar-refractivity contribution in [2.75, 3.05) is 32.8 Å². The molecule has 9 aliphatic rings. The summed E-state index contributed by atoms with van der Waals surface area (Å²) in [6.07, 6.45) is 17.0. The van der Waals surface area contributed by atoms with E-state index in [1.165, 1.54) is 11.6 Å². The van der Waals surface area contributed by atoms with Gasteiger partial charge < -0.3 is 61.1 Å². The Hall–Kier alpha value is -5.58. The minimum atomic E-state index is -1.42. The average molecular weight is 1030 g/mol. The van der Waals surface area contributed by atoms with Crippen molar-refractivity contribution < 1.29 is 44.2 Å². The normalized spacial score (nSPS) is 32.4. The molecule has 6 heterocycles. The molecule has 4 bridgehead atoms. The summed E-state index contributed by atoms with van der Waals surface area (Å²) in [5.74, 6) is -2.63. The first kappa shape index (κ1) is 50.2. The number of carbonyl (C=O) groups excluding carboxylic acids is 1. The van der Waals surface area contributed by atoms with Crippen molar-refractivity contribution >= 4 is 16.9 Å². The number of piperidine rings is 1. The maximum Gasteiger partial charge on any atom is 0.337 e. The molecule has 9 atom stereocenters. The van der Waals surface area contributed by atoms with Gasteiger partial charge in [0.25, 0.3) is 0 Å². The van der Waals surface area contributed by atoms with Crippen molar-refractivity contribution in [3.05, 3.63) is 121 Å². The van der Waals surface area contributed by atoms with Gasteiger partial charge >= 0.3 is 5.97 Å². The Balaban J connectivity index is 1.16. The molecule has 0 amide bonds. The summed E-state index contributed by atoms with van der Waals surface area (Å²) in [4.78, 5) is 30.1. The Labute approximate surface area is 438 Å². The molecule has 75 heavy (non-hydrogen) atoms. The maximum atomic E-state index is 15.4. The fraction of sp³-hybridized carbons (Fsp3) is 0.567. The van der Waals surface area contributed by atoms with Gasteiger partial charge in [-0.3, -0.25) is 10.1 Å². The van der Waals surface area contributed by atoms with Crippen LogP contribution in [0.2, 0.25) is 0 Å². The van der Waals surface area contributed by atoms with Crippen LogP contribution < -0.4 is 37.2 Å². The van der Waals surface area contributed by atoms with E-state index in [9.17, 15) is 30.3 Å². The molecule has 0 radical (unpaired) electrons. The highest BCUT2D eigenvalue weighted by Crippen LogP contribution is 2.66. The fourth-order valence-corrected chi connectivity index (χ4v) is 16.6. The van der Waals surface area contributed by atoms with Gasteiger partial charge in [-0.15, -0.1) is 0 Å². The summed E-state index contributed by atoms with van der Waals surface area (Å²) in [6.45, 7) is 7.79. The maximum absolute atomic E-state index is 15.4. The van der Waals surface area contributed by atoms with Crippen molar-refractivity contribution in [1.29, 1.82) is 0 Å². The smallest absolute Gasteiger partial charge is 0.337 e. The van der Waals surface area contributed by atoms with Crippen molar-refractivity contribution in [3.8, 4) is 17.2 Å². The Morgan fingerprint density at radius 2 is 1.84 bits per heavy atom. The van der Waals surface area contributed by atoms with Gasteiger partial charge in [0.2, 0.25) is 0 Å². The number of esters is 1. The molecule has 2 aromatic carbocycles. The van der Waals surface area contributed by atoms with Gasteiger partial charge in [-0.2, -0.15) is 0 Å². The largest absolute Gasteiger partial charge is 0.508 e. The number of allylic oxidation sites excluding steroid dienone is 5. The van der Waals surface area contributed by atoms with E-state index in [0.29, 0.717) is 43.6 Å². The van der Waals surface area contributed by atoms with E-state index in [1.807, 2.05) is 13.0 Å². The number of dihydropyridines is 2. The molecule has 3 aromatic rings. The number of ether oxygens (including phenoxy) is 2. The topological polar surface area (TPSA) is 241 Å². The summed E-state index contributed by atoms with van der Waals surface area (Å²) < 4.78 is 21.6. The van der Waals surface area contributed by atoms with Crippen molar-refractivity contribution in [2.45, 2.75) is 153 Å². The molecule has 2 spiro atoms. The van der Waals surface area contributed by atoms with Gasteiger partial charge in [-0.05, 0) is 178 Å². The van der Waals surface area contributed by atoms with Crippen LogP contribution in [0.3, 0.4) is 0 Å². The summed E-state index contributed by atoms with van der Waals surface area (Å²) in [7, 11) is 0. The lowest BCUT2D eigenvalue weighted by Crippen LogP contribution is -2.60. The summed E-state index contributed by atoms with van der Waals surface area (Å²) >= 11 is 0. The molecular formula is C60H75N5O10. The quantitative estimate of drug-likeness (QED) is 0.0886. The second-order valence-electron chi connectivity index (χ2n) is 23.9. The first-order valence-electron chi connectivity index (χ1n) is 27.9. The SMILES string of the molecule is C/C=C(\C(=O)O[C@@H]1Cc2c3c(c4oc(CO)cc(=O)c4c2O)[C@@H]2C4=CCNC(N)=C4[C@H]([C@H]4CCC5=CC(NCC)NC=C5C[C@@H]4[C@]1(C)O3)C1(CCCC1)Cc1ccc(O)cc1[C@@H]2CO)[C@@]1(O)CCC2(CCNCC2)C1. The molecule has 3 saturated carbocycles. The highest BCUT2D eigenvalue weighted by atomic mass is 16.6. The van der Waals surface area contributed by atoms with Crippen LogP contribution in [0.5, 0.6) is 17.2 Å². The Morgan fingerprint density at radius 3 is 2.59 bits per heavy atom. The van der Waals surface area contributed by atoms with E-state index >= 15 is 4.79 Å². The second kappa shape index (κ2) is 18.9. The molecule has 15 nitrogen and oxygen atoms in total. The number of hydrogen-bond acceptors (Lipinski definition) is 15. The zero-order valence-electron chi connectivity index (χ0n) is 43.7. The first-order valence-corrected chi connectivity index (χ1v) is 27.9. The monoisotopic (exact) mass is 1030 g/mol. The van der Waals surface area contributed by atoms with Gasteiger partial charge in [0.15, 0.2) is 5.43 Å². The van der Waals surface area contributed by atoms with Crippen LogP contribution in [0.4, 0.5) is 0 Å². The Bertz CT molecular complexity index is 3050. The third-order valence-corrected chi connectivity index (χ3v) is 20.1. The lowest BCUT2D eigenvalue weighted by Gasteiger charge is -2.55. The van der Waals surface area contributed by atoms with E-state index in [2.05, 4.69) is 46.5 Å². The van der Waals surface area contributed by atoms with Crippen molar-refractivity contribution in [3.63, 3.8) is 0 Å². The molecule has 5 aliphatic heterocycles. The van der Waals surface area contributed by atoms with Gasteiger partial charge in [0.1, 0.15) is 58.1 Å². The third-order valence-electron chi connectivity index (χ3n) is 20.1. The number of aliphatic hydroxyl groups is 3. The number of likely N-dealkylation sites (N-methyl/N-ethyl adjacent to an activating group) is 1. The summed E-state index contributed by atoms with van der Waals surface area (Å²) in [5, 5.41) is 73.8. The van der Waals surface area contributed by atoms with E-state index in [-0.39, 0.29) is 75.0 Å². The Morgan fingerprint density at radius 1 is 1.04 bits per heavy atom. The number of benzene rings is 2. The van der Waals surface area contributed by atoms with Crippen LogP contribution in [0.15, 0.2) is 91.6 Å². The number of nitrogens with two attached hydrogens (primary N) is 1. The third kappa shape index (κ3) is 7.99. The number of rotatable bonds is 7. The molecule has 11 N–H and O–H groups in total. The van der Waals surface area contributed by atoms with Gasteiger partial charge in [-0.1, -0.05) is 38.0 Å². The van der Waals surface area contributed by atoms with Gasteiger partial charge in [0.05, 0.1) is 23.9 Å². The second-order valence-corrected chi connectivity index (χ2v) is 23.9. The van der Waals surface area contributed by atoms with E-state index in [4.69, 9.17) is 19.6 Å². The van der Waals surface area contributed by atoms with Crippen molar-refractivity contribution in [1.82, 2.24) is 21.3 Å². The first-order chi connectivity index (χ1) is 36.2. The number of nitrogens with one attached hydrogen (secondary N) is 4. The van der Waals surface area contributed by atoms with E-state index in [1.54, 1.807) is 25.1 Å². The minimum Gasteiger partial charge on any atom is -0.508 e. The van der Waals surface area contributed by atoms with Crippen LogP contribution in [-0.2, 0) is 29.0 Å². The summed E-state index contributed by atoms with van der Waals surface area (Å²) in [5.41, 5.74) is 10.5. The van der Waals surface area contributed by atoms with Gasteiger partial charge in [0, 0.05) is 54.1 Å². The number of aliphatic hydroxyl groups excluding tert-OH is 2. The highest BCUT2D eigenvalue weighted by molar-refractivity contribution is 5.93. The number of phenolic OH excluding ortho intramolecular Hbond substituents is 2. The standard InChI is InChI=1S/C60H75N5O10/c1-4-42(60(72)16-15-58(31-60)17-20-62-21-18-58)56(71)74-45-26-40-52(70)49-44(69)25-36(29-66)73-54(49)50-47-38-12-19-64-55(61)48(38)51(59(13-6-7-14-59)27-33-8-10-35(68)24-39(33)41(47)30-67)37-11-9-32-23-46(63-5-2)65-28-34(32)22-43(37)57(45,3)75-53(40)50/h4,8,10,12,23-25,28,37,41,43,45-47,51,62-68,70,72H,5-7,9,11,13-22,26-27,29-31,61H2,1-3H3/b42-4+/t37-,41-,43-,45+,46?,47+,51-,57-,60+/m0/s1. The van der Waals surface area contributed by atoms with Crippen molar-refractivity contribution in [2.24, 2.45) is 34.3 Å². The molecule has 15 heteroatoms. The molecule has 4 aliphatic carbocycles. The van der Waals surface area contributed by atoms with Crippen LogP contribution in [-0.4, -0.2) is 87.8 Å². The zero-order valence-corrected chi connectivity index (χ0v) is 43.7. The number of fused-ring (bicyclic) bond motifs is 10. The fourth-order valence-electron chi connectivity index (χ4n) is 16.6. The molecule has 12 rings (SSSR count). The predicted molar refractivity (Wildman–Crippen MR) is 283 cm³/mol. The molecule has 1 aromatic heterocycles. The average Bonchev–Trinajstić information content (AvgIpc) is 3.98. The minimum absolute atomic E-state index is 0.0119. The zero-order chi connectivity index (χ0) is 52.2. The van der Waals surface area contributed by atoms with Crippen LogP contribution in [0, 0.1) is 28.6 Å². The van der Waals surface area contributed by atoms with Crippen LogP contribution in [0.1, 0.15) is 138 Å². The lowest BCUT2D eigenvalue weighted by atomic mass is 9.54. The van der Waals surface area contributed by atoms with E-state index in [0.717, 1.165) is 105 Å². The highest BCUT2D eigenvalue weighted by Gasteiger charge is 2.62. The lowest BCUT2D eigenvalue weighted by molar-refractivity contribution is -0.172. The molecule has 1 saturated heterocycles. The van der Waals surface area contributed by atoms with Crippen LogP contribution in [0.25, 0.3) is 11.0 Å². The summed E-state index contributed by atoms with van der Waals surface area (Å²) in [6, 6.07) is 6.69. The van der Waals surface area contributed by atoms with E-state index < -0.39 is 65.1 Å². The number of carbonyl (C=O) groups is 1. The number of hydrogen-bond donors (Lipinski definition) is 10. The van der Waals surface area contributed by atoms with Crippen LogP contribution >= 0.6 is 0 Å².